The zero-order valence-corrected chi connectivity index (χ0v) is 13.0. The fourth-order valence-electron chi connectivity index (χ4n) is 2.22. The van der Waals surface area contributed by atoms with Crippen LogP contribution in [0.4, 0.5) is 11.5 Å². The molecule has 1 aromatic carbocycles. The van der Waals surface area contributed by atoms with Crippen LogP contribution >= 0.6 is 0 Å². The van der Waals surface area contributed by atoms with Crippen molar-refractivity contribution >= 4 is 17.4 Å². The number of benzene rings is 1. The summed E-state index contributed by atoms with van der Waals surface area (Å²) in [7, 11) is 3.06. The van der Waals surface area contributed by atoms with Crippen molar-refractivity contribution in [3.05, 3.63) is 56.7 Å². The number of rotatable bonds is 5. The van der Waals surface area contributed by atoms with E-state index in [0.717, 1.165) is 10.5 Å². The first kappa shape index (κ1) is 16.5. The maximum absolute atomic E-state index is 12.1. The van der Waals surface area contributed by atoms with Gasteiger partial charge in [0.1, 0.15) is 5.82 Å². The first-order valence-corrected chi connectivity index (χ1v) is 7.03. The molecule has 0 saturated carbocycles. The molecule has 0 aliphatic rings. The van der Waals surface area contributed by atoms with Crippen molar-refractivity contribution in [1.82, 2.24) is 14.9 Å². The largest absolute Gasteiger partial charge is 0.383 e. The maximum Gasteiger partial charge on any atom is 0.330 e. The quantitative estimate of drug-likeness (QED) is 0.678. The minimum atomic E-state index is -0.691. The lowest BCUT2D eigenvalue weighted by atomic mass is 10.2. The number of nitrogens with two attached hydrogens (primary N) is 1. The van der Waals surface area contributed by atoms with E-state index in [1.54, 1.807) is 7.05 Å². The van der Waals surface area contributed by atoms with Crippen molar-refractivity contribution in [3.8, 4) is 0 Å². The Labute approximate surface area is 132 Å². The number of aromatic amines is 1. The van der Waals surface area contributed by atoms with E-state index in [9.17, 15) is 14.4 Å². The highest BCUT2D eigenvalue weighted by molar-refractivity contribution is 5.96. The first-order chi connectivity index (χ1) is 11.0. The molecular formula is C15H19N5O3. The molecule has 0 atom stereocenters. The second-order valence-corrected chi connectivity index (χ2v) is 5.05. The highest BCUT2D eigenvalue weighted by Gasteiger charge is 2.20. The molecule has 0 bridgehead atoms. The molecule has 0 spiro atoms. The Hall–Kier alpha value is -2.87. The van der Waals surface area contributed by atoms with Gasteiger partial charge in [0.2, 0.25) is 5.91 Å². The van der Waals surface area contributed by atoms with Gasteiger partial charge >= 0.3 is 5.69 Å². The predicted octanol–water partition coefficient (Wildman–Crippen LogP) is -0.651. The molecule has 0 radical (unpaired) electrons. The lowest BCUT2D eigenvalue weighted by Crippen LogP contribution is -2.41. The van der Waals surface area contributed by atoms with E-state index in [-0.39, 0.29) is 30.5 Å². The summed E-state index contributed by atoms with van der Waals surface area (Å²) >= 11 is 0. The minimum absolute atomic E-state index is 0.0409. The van der Waals surface area contributed by atoms with Crippen LogP contribution in [0, 0.1) is 0 Å². The molecule has 8 heteroatoms. The van der Waals surface area contributed by atoms with Crippen molar-refractivity contribution in [1.29, 1.82) is 0 Å². The third kappa shape index (κ3) is 3.49. The number of carbonyl (C=O) groups excluding carboxylic acids is 1. The van der Waals surface area contributed by atoms with Gasteiger partial charge in [0.25, 0.3) is 5.56 Å². The molecule has 1 aromatic heterocycles. The number of hydrogen-bond donors (Lipinski definition) is 3. The lowest BCUT2D eigenvalue weighted by molar-refractivity contribution is -0.117. The summed E-state index contributed by atoms with van der Waals surface area (Å²) in [5, 5.41) is 2.71. The van der Waals surface area contributed by atoms with Gasteiger partial charge in [-0.25, -0.2) is 4.79 Å². The SMILES string of the molecule is CNCC(=O)N(C)c1c(N)n(Cc2ccccc2)c(=O)[nH]c1=O. The van der Waals surface area contributed by atoms with Gasteiger partial charge in [-0.2, -0.15) is 0 Å². The summed E-state index contributed by atoms with van der Waals surface area (Å²) in [6.07, 6.45) is 0. The molecular weight excluding hydrogens is 298 g/mol. The Balaban J connectivity index is 2.49. The Morgan fingerprint density at radius 1 is 1.30 bits per heavy atom. The van der Waals surface area contributed by atoms with E-state index in [1.165, 1.54) is 11.6 Å². The minimum Gasteiger partial charge on any atom is -0.383 e. The number of nitrogen functional groups attached to an aromatic ring is 1. The molecule has 0 saturated heterocycles. The van der Waals surface area contributed by atoms with Crippen molar-refractivity contribution in [2.45, 2.75) is 6.54 Å². The first-order valence-electron chi connectivity index (χ1n) is 7.03. The van der Waals surface area contributed by atoms with Crippen molar-refractivity contribution in [2.24, 2.45) is 0 Å². The van der Waals surface area contributed by atoms with Gasteiger partial charge in [0, 0.05) is 7.05 Å². The topological polar surface area (TPSA) is 113 Å². The molecule has 2 rings (SSSR count). The average molecular weight is 317 g/mol. The molecule has 23 heavy (non-hydrogen) atoms. The van der Waals surface area contributed by atoms with Crippen LogP contribution < -0.4 is 27.2 Å². The van der Waals surface area contributed by atoms with E-state index in [4.69, 9.17) is 5.73 Å². The average Bonchev–Trinajstić information content (AvgIpc) is 2.52. The van der Waals surface area contributed by atoms with Crippen molar-refractivity contribution in [3.63, 3.8) is 0 Å². The second-order valence-electron chi connectivity index (χ2n) is 5.05. The van der Waals surface area contributed by atoms with Gasteiger partial charge < -0.3 is 16.0 Å². The Bertz CT molecular complexity index is 810. The standard InChI is InChI=1S/C15H19N5O3/c1-17-8-11(21)19(2)12-13(16)20(15(23)18-14(12)22)9-10-6-4-3-5-7-10/h3-7,17H,8-9,16H2,1-2H3,(H,18,22,23). The number of anilines is 2. The lowest BCUT2D eigenvalue weighted by Gasteiger charge is -2.20. The second kappa shape index (κ2) is 6.93. The van der Waals surface area contributed by atoms with E-state index in [2.05, 4.69) is 10.3 Å². The molecule has 0 fully saturated rings. The van der Waals surface area contributed by atoms with Crippen LogP contribution in [0.2, 0.25) is 0 Å². The van der Waals surface area contributed by atoms with Gasteiger partial charge in [0.05, 0.1) is 13.1 Å². The van der Waals surface area contributed by atoms with Gasteiger partial charge in [-0.3, -0.25) is 19.1 Å². The monoisotopic (exact) mass is 317 g/mol. The van der Waals surface area contributed by atoms with Crippen LogP contribution in [0.5, 0.6) is 0 Å². The Morgan fingerprint density at radius 2 is 1.96 bits per heavy atom. The zero-order chi connectivity index (χ0) is 17.0. The number of carbonyl (C=O) groups is 1. The summed E-state index contributed by atoms with van der Waals surface area (Å²) in [6, 6.07) is 9.22. The normalized spacial score (nSPS) is 10.5. The molecule has 0 aliphatic heterocycles. The smallest absolute Gasteiger partial charge is 0.330 e. The number of hydrogen-bond acceptors (Lipinski definition) is 5. The molecule has 122 valence electrons. The maximum atomic E-state index is 12.1. The van der Waals surface area contributed by atoms with Crippen LogP contribution in [0.3, 0.4) is 0 Å². The van der Waals surface area contributed by atoms with Gasteiger partial charge in [0.15, 0.2) is 5.69 Å². The number of amides is 1. The zero-order valence-electron chi connectivity index (χ0n) is 13.0. The van der Waals surface area contributed by atoms with Crippen LogP contribution in [0.25, 0.3) is 0 Å². The van der Waals surface area contributed by atoms with E-state index < -0.39 is 11.2 Å². The summed E-state index contributed by atoms with van der Waals surface area (Å²) < 4.78 is 1.23. The van der Waals surface area contributed by atoms with E-state index in [0.29, 0.717) is 0 Å². The summed E-state index contributed by atoms with van der Waals surface area (Å²) in [5.74, 6) is -0.385. The van der Waals surface area contributed by atoms with E-state index >= 15 is 0 Å². The molecule has 4 N–H and O–H groups in total. The molecule has 2 aromatic rings. The molecule has 1 heterocycles. The third-order valence-corrected chi connectivity index (χ3v) is 3.44. The van der Waals surface area contributed by atoms with Crippen LogP contribution in [-0.2, 0) is 11.3 Å². The fraction of sp³-hybridized carbons (Fsp3) is 0.267. The van der Waals surface area contributed by atoms with Gasteiger partial charge in [-0.15, -0.1) is 0 Å². The Kier molecular flexibility index (Phi) is 4.97. The summed E-state index contributed by atoms with van der Waals surface area (Å²) in [6.45, 7) is 0.247. The highest BCUT2D eigenvalue weighted by Crippen LogP contribution is 2.16. The fourth-order valence-corrected chi connectivity index (χ4v) is 2.22. The predicted molar refractivity (Wildman–Crippen MR) is 88.6 cm³/mol. The number of nitrogens with zero attached hydrogens (tertiary/aromatic N) is 2. The van der Waals surface area contributed by atoms with Crippen LogP contribution in [0.1, 0.15) is 5.56 Å². The molecule has 0 aliphatic carbocycles. The van der Waals surface area contributed by atoms with Crippen LogP contribution in [0.15, 0.2) is 39.9 Å². The molecule has 8 nitrogen and oxygen atoms in total. The van der Waals surface area contributed by atoms with Crippen LogP contribution in [-0.4, -0.2) is 36.1 Å². The van der Waals surface area contributed by atoms with Gasteiger partial charge in [-0.1, -0.05) is 30.3 Å². The Morgan fingerprint density at radius 3 is 2.57 bits per heavy atom. The van der Waals surface area contributed by atoms with Crippen molar-refractivity contribution < 1.29 is 4.79 Å². The number of nitrogens with one attached hydrogen (secondary N) is 2. The number of aromatic nitrogens is 2. The van der Waals surface area contributed by atoms with E-state index in [1.807, 2.05) is 30.3 Å². The third-order valence-electron chi connectivity index (χ3n) is 3.44. The summed E-state index contributed by atoms with van der Waals surface area (Å²) in [4.78, 5) is 39.4. The summed E-state index contributed by atoms with van der Waals surface area (Å²) in [5.41, 5.74) is 5.50. The number of likely N-dealkylation sites (N-methyl/N-ethyl adjacent to an activating group) is 2. The van der Waals surface area contributed by atoms with Gasteiger partial charge in [-0.05, 0) is 12.6 Å². The molecule has 0 unspecified atom stereocenters. The number of H-pyrrole nitrogens is 1. The van der Waals surface area contributed by atoms with Crippen molar-refractivity contribution in [2.75, 3.05) is 31.3 Å². The molecule has 1 amide bonds. The highest BCUT2D eigenvalue weighted by atomic mass is 16.2.